The summed E-state index contributed by atoms with van der Waals surface area (Å²) < 4.78 is 1.65. The Bertz CT molecular complexity index is 594. The second kappa shape index (κ2) is 5.83. The van der Waals surface area contributed by atoms with Gasteiger partial charge in [-0.2, -0.15) is 5.10 Å². The van der Waals surface area contributed by atoms with E-state index in [1.165, 1.54) is 17.5 Å². The second-order valence-corrected chi connectivity index (χ2v) is 4.87. The van der Waals surface area contributed by atoms with Gasteiger partial charge >= 0.3 is 0 Å². The summed E-state index contributed by atoms with van der Waals surface area (Å²) in [6.07, 6.45) is 4.51. The largest absolute Gasteiger partial charge is 0.326 e. The fraction of sp³-hybridized carbons (Fsp3) is 0.357. The first kappa shape index (κ1) is 12.8. The maximum atomic E-state index is 11.9. The third-order valence-electron chi connectivity index (χ3n) is 3.41. The molecule has 0 fully saturated rings. The van der Waals surface area contributed by atoms with E-state index in [2.05, 4.69) is 32.8 Å². The summed E-state index contributed by atoms with van der Waals surface area (Å²) in [6.45, 7) is 2.44. The number of amides is 1. The van der Waals surface area contributed by atoms with Crippen molar-refractivity contribution in [3.05, 3.63) is 42.0 Å². The van der Waals surface area contributed by atoms with Gasteiger partial charge in [-0.15, -0.1) is 0 Å². The number of aromatic nitrogens is 3. The number of nitrogens with zero attached hydrogens (tertiary/aromatic N) is 3. The Morgan fingerprint density at radius 2 is 2.35 bits per heavy atom. The molecule has 104 valence electrons. The van der Waals surface area contributed by atoms with E-state index < -0.39 is 0 Å². The van der Waals surface area contributed by atoms with Gasteiger partial charge in [0.1, 0.15) is 12.7 Å². The number of nitrogens with one attached hydrogen (secondary N) is 2. The minimum absolute atomic E-state index is 0.00998. The Morgan fingerprint density at radius 3 is 3.20 bits per heavy atom. The predicted molar refractivity (Wildman–Crippen MR) is 75.1 cm³/mol. The summed E-state index contributed by atoms with van der Waals surface area (Å²) in [5, 5.41) is 10.2. The van der Waals surface area contributed by atoms with Gasteiger partial charge in [0.15, 0.2) is 0 Å². The monoisotopic (exact) mass is 271 g/mol. The lowest BCUT2D eigenvalue weighted by molar-refractivity contribution is -0.116. The van der Waals surface area contributed by atoms with E-state index in [9.17, 15) is 4.79 Å². The van der Waals surface area contributed by atoms with Gasteiger partial charge in [-0.25, -0.2) is 4.98 Å². The number of fused-ring (bicyclic) bond motifs is 1. The quantitative estimate of drug-likeness (QED) is 0.868. The number of carbonyl (C=O) groups excluding carboxylic acids is 1. The third-order valence-corrected chi connectivity index (χ3v) is 3.41. The average Bonchev–Trinajstić information content (AvgIpc) is 2.98. The molecule has 0 aliphatic carbocycles. The first-order valence-electron chi connectivity index (χ1n) is 6.76. The van der Waals surface area contributed by atoms with Gasteiger partial charge in [0.05, 0.1) is 6.54 Å². The zero-order valence-corrected chi connectivity index (χ0v) is 11.2. The Labute approximate surface area is 117 Å². The summed E-state index contributed by atoms with van der Waals surface area (Å²) in [7, 11) is 0. The zero-order chi connectivity index (χ0) is 13.8. The summed E-state index contributed by atoms with van der Waals surface area (Å²) in [6, 6.07) is 6.12. The summed E-state index contributed by atoms with van der Waals surface area (Å²) in [4.78, 5) is 15.7. The number of aryl methyl sites for hydroxylation is 1. The molecule has 1 aliphatic heterocycles. The highest BCUT2D eigenvalue weighted by Gasteiger charge is 2.10. The summed E-state index contributed by atoms with van der Waals surface area (Å²) in [5.74, 6) is -0.00998. The molecule has 0 spiro atoms. The Hall–Kier alpha value is -2.21. The highest BCUT2D eigenvalue weighted by molar-refractivity contribution is 5.90. The minimum atomic E-state index is -0.00998. The van der Waals surface area contributed by atoms with Crippen LogP contribution in [0.25, 0.3) is 0 Å². The van der Waals surface area contributed by atoms with Crippen molar-refractivity contribution in [2.24, 2.45) is 0 Å². The molecule has 6 heteroatoms. The maximum absolute atomic E-state index is 11.9. The van der Waals surface area contributed by atoms with Crippen LogP contribution in [-0.4, -0.2) is 27.2 Å². The molecule has 2 heterocycles. The SMILES string of the molecule is O=C(CCn1cncn1)Nc1ccc2c(c1)CNCC2. The minimum Gasteiger partial charge on any atom is -0.326 e. The smallest absolute Gasteiger partial charge is 0.226 e. The van der Waals surface area contributed by atoms with Crippen LogP contribution >= 0.6 is 0 Å². The van der Waals surface area contributed by atoms with Crippen molar-refractivity contribution in [1.82, 2.24) is 20.1 Å². The molecule has 2 N–H and O–H groups in total. The molecule has 0 unspecified atom stereocenters. The molecule has 0 atom stereocenters. The van der Waals surface area contributed by atoms with E-state index in [1.54, 1.807) is 11.0 Å². The first-order chi connectivity index (χ1) is 9.81. The van der Waals surface area contributed by atoms with Crippen molar-refractivity contribution in [3.63, 3.8) is 0 Å². The van der Waals surface area contributed by atoms with Crippen LogP contribution in [0.15, 0.2) is 30.9 Å². The molecule has 1 aliphatic rings. The number of hydrogen-bond donors (Lipinski definition) is 2. The predicted octanol–water partition coefficient (Wildman–Crippen LogP) is 0.953. The molecule has 3 rings (SSSR count). The van der Waals surface area contributed by atoms with Gasteiger partial charge in [-0.1, -0.05) is 6.07 Å². The summed E-state index contributed by atoms with van der Waals surface area (Å²) >= 11 is 0. The number of anilines is 1. The van der Waals surface area contributed by atoms with Gasteiger partial charge < -0.3 is 10.6 Å². The van der Waals surface area contributed by atoms with Crippen LogP contribution in [0.5, 0.6) is 0 Å². The van der Waals surface area contributed by atoms with E-state index in [0.717, 1.165) is 25.2 Å². The van der Waals surface area contributed by atoms with Gasteiger partial charge in [0, 0.05) is 18.7 Å². The highest BCUT2D eigenvalue weighted by atomic mass is 16.1. The molecule has 20 heavy (non-hydrogen) atoms. The number of hydrogen-bond acceptors (Lipinski definition) is 4. The van der Waals surface area contributed by atoms with Crippen molar-refractivity contribution in [1.29, 1.82) is 0 Å². The van der Waals surface area contributed by atoms with Crippen LogP contribution in [0, 0.1) is 0 Å². The highest BCUT2D eigenvalue weighted by Crippen LogP contribution is 2.19. The molecule has 0 saturated carbocycles. The van der Waals surface area contributed by atoms with E-state index in [0.29, 0.717) is 13.0 Å². The molecule has 1 amide bonds. The molecule has 0 bridgehead atoms. The topological polar surface area (TPSA) is 71.8 Å². The van der Waals surface area contributed by atoms with E-state index in [1.807, 2.05) is 6.07 Å². The van der Waals surface area contributed by atoms with Crippen LogP contribution in [0.3, 0.4) is 0 Å². The second-order valence-electron chi connectivity index (χ2n) is 4.87. The Morgan fingerprint density at radius 1 is 1.40 bits per heavy atom. The van der Waals surface area contributed by atoms with Gasteiger partial charge in [-0.05, 0) is 36.2 Å². The molecule has 1 aromatic carbocycles. The third kappa shape index (κ3) is 3.03. The van der Waals surface area contributed by atoms with Gasteiger partial charge in [0.25, 0.3) is 0 Å². The molecule has 1 aromatic heterocycles. The van der Waals surface area contributed by atoms with E-state index >= 15 is 0 Å². The van der Waals surface area contributed by atoms with Crippen molar-refractivity contribution in [3.8, 4) is 0 Å². The molecule has 6 nitrogen and oxygen atoms in total. The van der Waals surface area contributed by atoms with Crippen LogP contribution in [0.4, 0.5) is 5.69 Å². The van der Waals surface area contributed by atoms with Gasteiger partial charge in [0.2, 0.25) is 5.91 Å². The molecular formula is C14H17N5O. The standard InChI is InChI=1S/C14H17N5O/c20-14(4-6-19-10-16-9-17-19)18-13-2-1-11-3-5-15-8-12(11)7-13/h1-2,7,9-10,15H,3-6,8H2,(H,18,20). The summed E-state index contributed by atoms with van der Waals surface area (Å²) in [5.41, 5.74) is 3.49. The molecule has 0 radical (unpaired) electrons. The molecule has 0 saturated heterocycles. The van der Waals surface area contributed by atoms with Crippen molar-refractivity contribution in [2.75, 3.05) is 11.9 Å². The van der Waals surface area contributed by atoms with E-state index in [4.69, 9.17) is 0 Å². The lowest BCUT2D eigenvalue weighted by Gasteiger charge is -2.18. The van der Waals surface area contributed by atoms with Crippen LogP contribution in [-0.2, 0) is 24.3 Å². The molecule has 2 aromatic rings. The van der Waals surface area contributed by atoms with Crippen LogP contribution in [0.2, 0.25) is 0 Å². The Kier molecular flexibility index (Phi) is 3.73. The van der Waals surface area contributed by atoms with Crippen LogP contribution < -0.4 is 10.6 Å². The fourth-order valence-electron chi connectivity index (χ4n) is 2.35. The number of rotatable bonds is 4. The van der Waals surface area contributed by atoms with Crippen molar-refractivity contribution in [2.45, 2.75) is 25.9 Å². The first-order valence-corrected chi connectivity index (χ1v) is 6.76. The average molecular weight is 271 g/mol. The molecular weight excluding hydrogens is 254 g/mol. The van der Waals surface area contributed by atoms with Crippen molar-refractivity contribution < 1.29 is 4.79 Å². The van der Waals surface area contributed by atoms with Crippen LogP contribution in [0.1, 0.15) is 17.5 Å². The lowest BCUT2D eigenvalue weighted by atomic mass is 10.0. The number of benzene rings is 1. The Balaban J connectivity index is 1.58. The lowest BCUT2D eigenvalue weighted by Crippen LogP contribution is -2.23. The fourth-order valence-corrected chi connectivity index (χ4v) is 2.35. The van der Waals surface area contributed by atoms with Crippen molar-refractivity contribution >= 4 is 11.6 Å². The maximum Gasteiger partial charge on any atom is 0.226 e. The van der Waals surface area contributed by atoms with Gasteiger partial charge in [-0.3, -0.25) is 9.48 Å². The number of carbonyl (C=O) groups is 1. The van der Waals surface area contributed by atoms with E-state index in [-0.39, 0.29) is 5.91 Å². The zero-order valence-electron chi connectivity index (χ0n) is 11.2. The normalized spacial score (nSPS) is 13.8.